The molecule has 1 aromatic carbocycles. The predicted octanol–water partition coefficient (Wildman–Crippen LogP) is 4.03. The normalized spacial score (nSPS) is 19.1. The Kier molecular flexibility index (Phi) is 3.43. The van der Waals surface area contributed by atoms with E-state index in [1.54, 1.807) is 6.20 Å². The van der Waals surface area contributed by atoms with Gasteiger partial charge in [-0.25, -0.2) is 0 Å². The van der Waals surface area contributed by atoms with Crippen molar-refractivity contribution in [3.8, 4) is 6.07 Å². The van der Waals surface area contributed by atoms with E-state index in [-0.39, 0.29) is 6.04 Å². The molecule has 0 spiro atoms. The van der Waals surface area contributed by atoms with Crippen LogP contribution >= 0.6 is 47.8 Å². The van der Waals surface area contributed by atoms with Crippen LogP contribution in [0.2, 0.25) is 0 Å². The number of fused-ring (bicyclic) bond motifs is 1. The summed E-state index contributed by atoms with van der Waals surface area (Å²) < 4.78 is -0.430. The summed E-state index contributed by atoms with van der Waals surface area (Å²) in [4.78, 5) is 0. The van der Waals surface area contributed by atoms with E-state index in [4.69, 9.17) is 5.26 Å². The molecule has 1 aliphatic heterocycles. The van der Waals surface area contributed by atoms with Crippen molar-refractivity contribution in [3.63, 3.8) is 0 Å². The molecule has 1 heterocycles. The lowest BCUT2D eigenvalue weighted by Gasteiger charge is -2.31. The number of nitrogens with one attached hydrogen (secondary N) is 1. The molecule has 16 heavy (non-hydrogen) atoms. The van der Waals surface area contributed by atoms with Gasteiger partial charge in [0.25, 0.3) is 0 Å². The molecule has 0 amide bonds. The minimum Gasteiger partial charge on any atom is -0.380 e. The van der Waals surface area contributed by atoms with Gasteiger partial charge in [0.1, 0.15) is 6.07 Å². The third kappa shape index (κ3) is 2.20. The van der Waals surface area contributed by atoms with Gasteiger partial charge in [-0.1, -0.05) is 72.1 Å². The number of alkyl halides is 3. The zero-order valence-corrected chi connectivity index (χ0v) is 12.8. The molecule has 2 nitrogen and oxygen atoms in total. The van der Waals surface area contributed by atoms with Crippen LogP contribution < -0.4 is 5.32 Å². The second kappa shape index (κ2) is 4.52. The van der Waals surface area contributed by atoms with Crippen LogP contribution in [-0.2, 0) is 0 Å². The third-order valence-electron chi connectivity index (χ3n) is 2.40. The molecule has 0 aromatic heterocycles. The van der Waals surface area contributed by atoms with E-state index in [2.05, 4.69) is 59.2 Å². The zero-order chi connectivity index (χ0) is 11.8. The molecule has 1 aromatic rings. The molecule has 1 unspecified atom stereocenters. The van der Waals surface area contributed by atoms with Crippen LogP contribution in [0.4, 0.5) is 0 Å². The van der Waals surface area contributed by atoms with Gasteiger partial charge in [-0.2, -0.15) is 5.26 Å². The summed E-state index contributed by atoms with van der Waals surface area (Å²) in [7, 11) is 0. The van der Waals surface area contributed by atoms with Crippen LogP contribution in [0, 0.1) is 11.3 Å². The van der Waals surface area contributed by atoms with Crippen molar-refractivity contribution in [3.05, 3.63) is 41.6 Å². The highest BCUT2D eigenvalue weighted by Crippen LogP contribution is 2.47. The SMILES string of the molecule is N#CC1=CNC(C(Br)(Br)Br)c2ccccc21. The summed E-state index contributed by atoms with van der Waals surface area (Å²) in [5.41, 5.74) is 2.70. The van der Waals surface area contributed by atoms with E-state index in [1.165, 1.54) is 0 Å². The maximum Gasteiger partial charge on any atom is 0.159 e. The molecule has 1 aliphatic rings. The van der Waals surface area contributed by atoms with Gasteiger partial charge in [0, 0.05) is 6.20 Å². The fraction of sp³-hybridized carbons (Fsp3) is 0.182. The molecule has 2 rings (SSSR count). The van der Waals surface area contributed by atoms with Gasteiger partial charge in [0.15, 0.2) is 2.14 Å². The first kappa shape index (κ1) is 12.2. The molecule has 1 atom stereocenters. The quantitative estimate of drug-likeness (QED) is 0.660. The van der Waals surface area contributed by atoms with E-state index in [0.29, 0.717) is 5.57 Å². The van der Waals surface area contributed by atoms with Crippen LogP contribution in [-0.4, -0.2) is 2.14 Å². The van der Waals surface area contributed by atoms with E-state index in [0.717, 1.165) is 11.1 Å². The average molecular weight is 407 g/mol. The summed E-state index contributed by atoms with van der Waals surface area (Å²) in [6.07, 6.45) is 1.74. The van der Waals surface area contributed by atoms with Gasteiger partial charge in [0.2, 0.25) is 0 Å². The number of nitriles is 1. The fourth-order valence-corrected chi connectivity index (χ4v) is 2.83. The number of hydrogen-bond acceptors (Lipinski definition) is 2. The van der Waals surface area contributed by atoms with Gasteiger partial charge in [-0.3, -0.25) is 0 Å². The smallest absolute Gasteiger partial charge is 0.159 e. The first-order valence-electron chi connectivity index (χ1n) is 4.56. The van der Waals surface area contributed by atoms with Crippen molar-refractivity contribution in [2.75, 3.05) is 0 Å². The lowest BCUT2D eigenvalue weighted by Crippen LogP contribution is -2.30. The molecule has 1 N–H and O–H groups in total. The number of benzene rings is 1. The fourth-order valence-electron chi connectivity index (χ4n) is 1.69. The summed E-state index contributed by atoms with van der Waals surface area (Å²) >= 11 is 10.5. The Labute approximate surface area is 119 Å². The Morgan fingerprint density at radius 3 is 2.56 bits per heavy atom. The van der Waals surface area contributed by atoms with Crippen molar-refractivity contribution >= 4 is 53.4 Å². The maximum absolute atomic E-state index is 9.03. The molecule has 0 saturated carbocycles. The lowest BCUT2D eigenvalue weighted by molar-refractivity contribution is 0.660. The number of halogens is 3. The molecule has 82 valence electrons. The van der Waals surface area contributed by atoms with Gasteiger partial charge in [-0.15, -0.1) is 0 Å². The second-order valence-electron chi connectivity index (χ2n) is 3.40. The van der Waals surface area contributed by atoms with Crippen molar-refractivity contribution in [2.24, 2.45) is 0 Å². The summed E-state index contributed by atoms with van der Waals surface area (Å²) in [6, 6.07) is 10.1. The highest BCUT2D eigenvalue weighted by Gasteiger charge is 2.35. The van der Waals surface area contributed by atoms with Gasteiger partial charge >= 0.3 is 0 Å². The molecule has 5 heteroatoms. The molecule has 0 aliphatic carbocycles. The van der Waals surface area contributed by atoms with Crippen molar-refractivity contribution < 1.29 is 0 Å². The number of rotatable bonds is 0. The van der Waals surface area contributed by atoms with E-state index in [9.17, 15) is 0 Å². The summed E-state index contributed by atoms with van der Waals surface area (Å²) in [5, 5.41) is 12.2. The molecular formula is C11H7Br3N2. The van der Waals surface area contributed by atoms with Crippen molar-refractivity contribution in [1.82, 2.24) is 5.32 Å². The molecule has 0 bridgehead atoms. The monoisotopic (exact) mass is 404 g/mol. The Balaban J connectivity index is 2.55. The molecule has 0 radical (unpaired) electrons. The Morgan fingerprint density at radius 1 is 1.25 bits per heavy atom. The van der Waals surface area contributed by atoms with Crippen LogP contribution in [0.25, 0.3) is 5.57 Å². The molecule has 0 fully saturated rings. The standard InChI is InChI=1S/C11H7Br3N2/c12-11(13,14)10-9-4-2-1-3-8(9)7(5-15)6-16-10/h1-4,6,10,16H. The number of allylic oxidation sites excluding steroid dienone is 1. The van der Waals surface area contributed by atoms with Crippen LogP contribution in [0.5, 0.6) is 0 Å². The van der Waals surface area contributed by atoms with E-state index < -0.39 is 2.14 Å². The van der Waals surface area contributed by atoms with Crippen LogP contribution in [0.3, 0.4) is 0 Å². The average Bonchev–Trinajstić information content (AvgIpc) is 2.26. The predicted molar refractivity (Wildman–Crippen MR) is 75.4 cm³/mol. The van der Waals surface area contributed by atoms with Gasteiger partial charge in [0.05, 0.1) is 11.6 Å². The van der Waals surface area contributed by atoms with Crippen LogP contribution in [0.15, 0.2) is 30.5 Å². The van der Waals surface area contributed by atoms with E-state index >= 15 is 0 Å². The number of hydrogen-bond donors (Lipinski definition) is 1. The van der Waals surface area contributed by atoms with E-state index in [1.807, 2.05) is 24.3 Å². The summed E-state index contributed by atoms with van der Waals surface area (Å²) in [5.74, 6) is 0. The zero-order valence-electron chi connectivity index (χ0n) is 8.05. The van der Waals surface area contributed by atoms with Gasteiger partial charge < -0.3 is 5.32 Å². The Bertz CT molecular complexity index is 483. The third-order valence-corrected chi connectivity index (χ3v) is 3.78. The molecule has 0 saturated heterocycles. The largest absolute Gasteiger partial charge is 0.380 e. The van der Waals surface area contributed by atoms with Crippen molar-refractivity contribution in [1.29, 1.82) is 5.26 Å². The minimum absolute atomic E-state index is 0.0146. The first-order chi connectivity index (χ1) is 7.54. The number of nitrogens with zero attached hydrogens (tertiary/aromatic N) is 1. The highest BCUT2D eigenvalue weighted by molar-refractivity contribution is 9.39. The van der Waals surface area contributed by atoms with Crippen molar-refractivity contribution in [2.45, 2.75) is 8.18 Å². The second-order valence-corrected chi connectivity index (χ2v) is 10.3. The maximum atomic E-state index is 9.03. The molecular weight excluding hydrogens is 400 g/mol. The highest BCUT2D eigenvalue weighted by atomic mass is 80.0. The topological polar surface area (TPSA) is 35.8 Å². The van der Waals surface area contributed by atoms with Crippen LogP contribution in [0.1, 0.15) is 17.2 Å². The lowest BCUT2D eigenvalue weighted by atomic mass is 9.94. The Hall–Kier alpha value is -0.310. The summed E-state index contributed by atoms with van der Waals surface area (Å²) in [6.45, 7) is 0. The minimum atomic E-state index is -0.430. The Morgan fingerprint density at radius 2 is 1.94 bits per heavy atom. The van der Waals surface area contributed by atoms with Gasteiger partial charge in [-0.05, 0) is 11.1 Å². The first-order valence-corrected chi connectivity index (χ1v) is 6.94.